The third kappa shape index (κ3) is 3.88. The van der Waals surface area contributed by atoms with Gasteiger partial charge in [0.05, 0.1) is 18.0 Å². The van der Waals surface area contributed by atoms with E-state index in [0.717, 1.165) is 19.0 Å². The van der Waals surface area contributed by atoms with Crippen LogP contribution < -0.4 is 4.90 Å². The fourth-order valence-electron chi connectivity index (χ4n) is 2.50. The molecule has 7 nitrogen and oxygen atoms in total. The number of nitrogens with zero attached hydrogens (tertiary/aromatic N) is 4. The van der Waals surface area contributed by atoms with Gasteiger partial charge in [-0.25, -0.2) is 0 Å². The van der Waals surface area contributed by atoms with Crippen LogP contribution in [0.1, 0.15) is 33.7 Å². The first-order chi connectivity index (χ1) is 9.88. The fraction of sp³-hybridized carbons (Fsp3) is 0.769. The summed E-state index contributed by atoms with van der Waals surface area (Å²) in [5.74, 6) is -0.0748. The van der Waals surface area contributed by atoms with Gasteiger partial charge in [-0.3, -0.25) is 9.36 Å². The number of morpholine rings is 1. The second-order valence-electron chi connectivity index (χ2n) is 5.59. The Kier molecular flexibility index (Phi) is 5.10. The van der Waals surface area contributed by atoms with E-state index in [4.69, 9.17) is 9.84 Å². The molecule has 0 spiro atoms. The summed E-state index contributed by atoms with van der Waals surface area (Å²) in [6, 6.07) is 0.166. The van der Waals surface area contributed by atoms with Crippen molar-refractivity contribution in [2.24, 2.45) is 0 Å². The Morgan fingerprint density at radius 2 is 2.00 bits per heavy atom. The number of aromatic nitrogens is 3. The lowest BCUT2D eigenvalue weighted by Gasteiger charge is -2.36. The Hall–Kier alpha value is -1.28. The van der Waals surface area contributed by atoms with Crippen LogP contribution in [0.15, 0.2) is 5.16 Å². The Morgan fingerprint density at radius 1 is 1.38 bits per heavy atom. The van der Waals surface area contributed by atoms with Crippen molar-refractivity contribution in [2.45, 2.75) is 51.1 Å². The number of hydrogen-bond acceptors (Lipinski definition) is 6. The summed E-state index contributed by atoms with van der Waals surface area (Å²) < 4.78 is 7.74. The van der Waals surface area contributed by atoms with E-state index < -0.39 is 5.97 Å². The first-order valence-electron chi connectivity index (χ1n) is 7.08. The molecule has 2 rings (SSSR count). The van der Waals surface area contributed by atoms with E-state index in [9.17, 15) is 4.79 Å². The molecule has 0 radical (unpaired) electrons. The Labute approximate surface area is 128 Å². The zero-order valence-corrected chi connectivity index (χ0v) is 13.6. The van der Waals surface area contributed by atoms with Crippen LogP contribution in [0.2, 0.25) is 0 Å². The average Bonchev–Trinajstić information content (AvgIpc) is 2.78. The zero-order valence-electron chi connectivity index (χ0n) is 12.8. The molecule has 0 aliphatic carbocycles. The molecular weight excluding hydrogens is 292 g/mol. The number of carboxylic acid groups (broad SMARTS) is 1. The number of ether oxygens (including phenoxy) is 1. The van der Waals surface area contributed by atoms with Gasteiger partial charge < -0.3 is 14.7 Å². The van der Waals surface area contributed by atoms with Gasteiger partial charge in [0, 0.05) is 19.1 Å². The van der Waals surface area contributed by atoms with E-state index >= 15 is 0 Å². The van der Waals surface area contributed by atoms with Gasteiger partial charge in [-0.2, -0.15) is 0 Å². The summed E-state index contributed by atoms with van der Waals surface area (Å²) in [4.78, 5) is 12.9. The molecule has 1 saturated heterocycles. The molecule has 8 heteroatoms. The first-order valence-corrected chi connectivity index (χ1v) is 8.07. The van der Waals surface area contributed by atoms with E-state index in [1.807, 2.05) is 32.3 Å². The highest BCUT2D eigenvalue weighted by Gasteiger charge is 2.28. The van der Waals surface area contributed by atoms with Gasteiger partial charge in [0.25, 0.3) is 0 Å². The van der Waals surface area contributed by atoms with Gasteiger partial charge in [0.1, 0.15) is 0 Å². The Bertz CT molecular complexity index is 496. The van der Waals surface area contributed by atoms with Crippen molar-refractivity contribution < 1.29 is 14.6 Å². The molecule has 0 bridgehead atoms. The molecule has 21 heavy (non-hydrogen) atoms. The standard InChI is InChI=1S/C13H22N4O3S/c1-8(2)17-12(14-15-13(17)21-7-11(18)19)16-5-9(3)20-10(4)6-16/h8-10H,5-7H2,1-4H3,(H,18,19). The minimum absolute atomic E-state index is 0.0131. The topological polar surface area (TPSA) is 80.5 Å². The summed E-state index contributed by atoms with van der Waals surface area (Å²) in [5.41, 5.74) is 0. The number of rotatable bonds is 5. The van der Waals surface area contributed by atoms with E-state index in [1.54, 1.807) is 0 Å². The molecule has 0 amide bonds. The van der Waals surface area contributed by atoms with Gasteiger partial charge in [-0.15, -0.1) is 10.2 Å². The summed E-state index contributed by atoms with van der Waals surface area (Å²) in [6.45, 7) is 9.70. The summed E-state index contributed by atoms with van der Waals surface area (Å²) in [6.07, 6.45) is 0.280. The van der Waals surface area contributed by atoms with Crippen LogP contribution in [0.4, 0.5) is 5.95 Å². The van der Waals surface area contributed by atoms with Crippen LogP contribution in [0, 0.1) is 0 Å². The molecule has 2 atom stereocenters. The lowest BCUT2D eigenvalue weighted by molar-refractivity contribution is -0.133. The van der Waals surface area contributed by atoms with Crippen molar-refractivity contribution in [3.63, 3.8) is 0 Å². The summed E-state index contributed by atoms with van der Waals surface area (Å²) >= 11 is 1.20. The Balaban J connectivity index is 2.24. The second kappa shape index (κ2) is 6.65. The maximum atomic E-state index is 10.7. The molecule has 1 fully saturated rings. The van der Waals surface area contributed by atoms with Crippen LogP contribution in [0.25, 0.3) is 0 Å². The number of aliphatic carboxylic acids is 1. The summed E-state index contributed by atoms with van der Waals surface area (Å²) in [7, 11) is 0. The molecule has 1 N–H and O–H groups in total. The normalized spacial score (nSPS) is 22.8. The third-order valence-corrected chi connectivity index (χ3v) is 4.12. The number of carbonyl (C=O) groups is 1. The Morgan fingerprint density at radius 3 is 2.52 bits per heavy atom. The predicted octanol–water partition coefficient (Wildman–Crippen LogP) is 1.65. The van der Waals surface area contributed by atoms with E-state index in [1.165, 1.54) is 11.8 Å². The molecule has 2 heterocycles. The van der Waals surface area contributed by atoms with Crippen LogP contribution in [0.3, 0.4) is 0 Å². The van der Waals surface area contributed by atoms with Crippen molar-refractivity contribution in [1.29, 1.82) is 0 Å². The molecular formula is C13H22N4O3S. The van der Waals surface area contributed by atoms with Crippen molar-refractivity contribution in [1.82, 2.24) is 14.8 Å². The van der Waals surface area contributed by atoms with Crippen LogP contribution in [-0.2, 0) is 9.53 Å². The van der Waals surface area contributed by atoms with Gasteiger partial charge in [0.2, 0.25) is 5.95 Å². The largest absolute Gasteiger partial charge is 0.481 e. The molecule has 118 valence electrons. The van der Waals surface area contributed by atoms with Crippen LogP contribution >= 0.6 is 11.8 Å². The highest BCUT2D eigenvalue weighted by atomic mass is 32.2. The third-order valence-electron chi connectivity index (χ3n) is 3.19. The molecule has 2 unspecified atom stereocenters. The average molecular weight is 314 g/mol. The molecule has 1 aliphatic rings. The minimum Gasteiger partial charge on any atom is -0.481 e. The molecule has 0 aromatic carbocycles. The van der Waals surface area contributed by atoms with Crippen molar-refractivity contribution >= 4 is 23.7 Å². The minimum atomic E-state index is -0.853. The van der Waals surface area contributed by atoms with Gasteiger partial charge in [0.15, 0.2) is 5.16 Å². The number of hydrogen-bond donors (Lipinski definition) is 1. The second-order valence-corrected chi connectivity index (χ2v) is 6.53. The number of thioether (sulfide) groups is 1. The number of carboxylic acids is 1. The quantitative estimate of drug-likeness (QED) is 0.828. The van der Waals surface area contributed by atoms with Gasteiger partial charge in [-0.1, -0.05) is 11.8 Å². The van der Waals surface area contributed by atoms with Crippen molar-refractivity contribution in [3.8, 4) is 0 Å². The highest BCUT2D eigenvalue weighted by Crippen LogP contribution is 2.28. The fourth-order valence-corrected chi connectivity index (χ4v) is 3.29. The van der Waals surface area contributed by atoms with Crippen LogP contribution in [0.5, 0.6) is 0 Å². The SMILES string of the molecule is CC1CN(c2nnc(SCC(=O)O)n2C(C)C)CC(C)O1. The van der Waals surface area contributed by atoms with Crippen molar-refractivity contribution in [3.05, 3.63) is 0 Å². The van der Waals surface area contributed by atoms with E-state index in [0.29, 0.717) is 5.16 Å². The smallest absolute Gasteiger partial charge is 0.313 e. The maximum Gasteiger partial charge on any atom is 0.313 e. The highest BCUT2D eigenvalue weighted by molar-refractivity contribution is 7.99. The lowest BCUT2D eigenvalue weighted by Crippen LogP contribution is -2.46. The monoisotopic (exact) mass is 314 g/mol. The van der Waals surface area contributed by atoms with Gasteiger partial charge in [-0.05, 0) is 27.7 Å². The van der Waals surface area contributed by atoms with Crippen LogP contribution in [-0.4, -0.2) is 56.9 Å². The lowest BCUT2D eigenvalue weighted by atomic mass is 10.2. The van der Waals surface area contributed by atoms with Crippen molar-refractivity contribution in [2.75, 3.05) is 23.7 Å². The molecule has 1 aromatic heterocycles. The molecule has 0 saturated carbocycles. The zero-order chi connectivity index (χ0) is 15.6. The molecule has 1 aliphatic heterocycles. The number of anilines is 1. The maximum absolute atomic E-state index is 10.7. The predicted molar refractivity (Wildman–Crippen MR) is 81.0 cm³/mol. The van der Waals surface area contributed by atoms with E-state index in [2.05, 4.69) is 15.1 Å². The first kappa shape index (κ1) is 16.1. The summed E-state index contributed by atoms with van der Waals surface area (Å²) in [5, 5.41) is 17.9. The molecule has 1 aromatic rings. The van der Waals surface area contributed by atoms with E-state index in [-0.39, 0.29) is 24.0 Å². The van der Waals surface area contributed by atoms with Gasteiger partial charge >= 0.3 is 5.97 Å².